The topological polar surface area (TPSA) is 138 Å². The Morgan fingerprint density at radius 3 is 2.33 bits per heavy atom. The molecule has 0 fully saturated rings. The number of rotatable bonds is 6. The van der Waals surface area contributed by atoms with E-state index in [1.54, 1.807) is 6.07 Å². The number of anilines is 1. The maximum Gasteiger partial charge on any atom is 0.434 e. The number of halogens is 3. The average molecular weight is 500 g/mol. The summed E-state index contributed by atoms with van der Waals surface area (Å²) in [6, 6.07) is 10.1. The van der Waals surface area contributed by atoms with Gasteiger partial charge in [0.2, 0.25) is 0 Å². The van der Waals surface area contributed by atoms with Gasteiger partial charge >= 0.3 is 18.1 Å². The van der Waals surface area contributed by atoms with E-state index < -0.39 is 35.5 Å². The number of nitrogens with zero attached hydrogens (tertiary/aromatic N) is 5. The quantitative estimate of drug-likeness (QED) is 0.299. The van der Waals surface area contributed by atoms with Gasteiger partial charge in [-0.15, -0.1) is 5.10 Å². The molecule has 10 nitrogen and oxygen atoms in total. The molecule has 4 rings (SSSR count). The van der Waals surface area contributed by atoms with Crippen molar-refractivity contribution in [2.45, 2.75) is 26.1 Å². The number of benzene rings is 2. The van der Waals surface area contributed by atoms with E-state index in [-0.39, 0.29) is 16.9 Å². The van der Waals surface area contributed by atoms with E-state index >= 15 is 0 Å². The number of hydrogen-bond donors (Lipinski definition) is 2. The molecule has 0 amide bonds. The zero-order valence-corrected chi connectivity index (χ0v) is 18.9. The summed E-state index contributed by atoms with van der Waals surface area (Å²) in [6.45, 7) is 3.06. The van der Waals surface area contributed by atoms with E-state index in [2.05, 4.69) is 15.4 Å². The van der Waals surface area contributed by atoms with Crippen molar-refractivity contribution in [3.8, 4) is 22.6 Å². The summed E-state index contributed by atoms with van der Waals surface area (Å²) in [5.74, 6) is -2.31. The number of esters is 1. The molecule has 13 heteroatoms. The molecular formula is C23H19F3N6O4. The lowest BCUT2D eigenvalue weighted by molar-refractivity contribution is -0.143. The lowest BCUT2D eigenvalue weighted by atomic mass is 10.1. The highest BCUT2D eigenvalue weighted by Gasteiger charge is 2.41. The molecule has 0 aliphatic carbocycles. The van der Waals surface area contributed by atoms with E-state index in [1.807, 2.05) is 0 Å². The molecule has 36 heavy (non-hydrogen) atoms. The Balaban J connectivity index is 1.65. The number of carboxylic acid groups (broad SMARTS) is 1. The largest absolute Gasteiger partial charge is 0.478 e. The lowest BCUT2D eigenvalue weighted by Crippen LogP contribution is -2.20. The Morgan fingerprint density at radius 1 is 1.06 bits per heavy atom. The average Bonchev–Trinajstić information content (AvgIpc) is 3.47. The van der Waals surface area contributed by atoms with Gasteiger partial charge in [0.15, 0.2) is 5.69 Å². The van der Waals surface area contributed by atoms with Gasteiger partial charge in [0, 0.05) is 11.3 Å². The number of carboxylic acids is 1. The van der Waals surface area contributed by atoms with Crippen LogP contribution in [0.15, 0.2) is 54.9 Å². The first-order valence-electron chi connectivity index (χ1n) is 10.5. The van der Waals surface area contributed by atoms with E-state index in [0.717, 1.165) is 6.20 Å². The van der Waals surface area contributed by atoms with Crippen LogP contribution in [0.3, 0.4) is 0 Å². The Labute approximate surface area is 201 Å². The maximum absolute atomic E-state index is 13.8. The van der Waals surface area contributed by atoms with Gasteiger partial charge in [-0.25, -0.2) is 19.0 Å². The molecule has 0 saturated heterocycles. The van der Waals surface area contributed by atoms with Gasteiger partial charge in [-0.2, -0.15) is 18.3 Å². The lowest BCUT2D eigenvalue weighted by Gasteiger charge is -2.13. The Bertz CT molecular complexity index is 1440. The number of ether oxygens (including phenoxy) is 1. The van der Waals surface area contributed by atoms with Gasteiger partial charge in [-0.3, -0.25) is 0 Å². The fourth-order valence-electron chi connectivity index (χ4n) is 3.41. The number of aromatic carboxylic acids is 1. The number of aromatic nitrogens is 5. The third-order valence-electron chi connectivity index (χ3n) is 5.03. The second-order valence-electron chi connectivity index (χ2n) is 7.94. The van der Waals surface area contributed by atoms with E-state index in [0.29, 0.717) is 21.6 Å². The summed E-state index contributed by atoms with van der Waals surface area (Å²) in [5.41, 5.74) is 5.11. The summed E-state index contributed by atoms with van der Waals surface area (Å²) in [6.07, 6.45) is -3.11. The van der Waals surface area contributed by atoms with Gasteiger partial charge in [-0.1, -0.05) is 11.3 Å². The first-order valence-corrected chi connectivity index (χ1v) is 10.5. The van der Waals surface area contributed by atoms with Crippen molar-refractivity contribution in [1.82, 2.24) is 24.8 Å². The van der Waals surface area contributed by atoms with Gasteiger partial charge in [0.1, 0.15) is 11.3 Å². The highest BCUT2D eigenvalue weighted by molar-refractivity contribution is 5.95. The van der Waals surface area contributed by atoms with Crippen LogP contribution in [0.5, 0.6) is 0 Å². The molecule has 0 atom stereocenters. The minimum atomic E-state index is -4.87. The first-order chi connectivity index (χ1) is 17.0. The zero-order chi connectivity index (χ0) is 26.2. The van der Waals surface area contributed by atoms with Crippen molar-refractivity contribution in [3.63, 3.8) is 0 Å². The number of nitrogen functional groups attached to an aromatic ring is 1. The molecule has 0 bridgehead atoms. The predicted octanol–water partition coefficient (Wildman–Crippen LogP) is 3.98. The maximum atomic E-state index is 13.8. The minimum Gasteiger partial charge on any atom is -0.478 e. The summed E-state index contributed by atoms with van der Waals surface area (Å²) in [7, 11) is 0. The predicted molar refractivity (Wildman–Crippen MR) is 121 cm³/mol. The molecule has 186 valence electrons. The molecule has 0 aliphatic heterocycles. The standard InChI is InChI=1S/C23H19F3N6O4/c1-12(2)36-22(35)17-10-28-32(20(17)23(24,25)26)15-6-4-14(5-7-15)31-11-19(29-30-31)13-3-8-18(27)16(9-13)21(33)34/h3-12H,27H2,1-2H3,(H,33,34). The van der Waals surface area contributed by atoms with Crippen LogP contribution in [-0.4, -0.2) is 47.9 Å². The molecule has 3 N–H and O–H groups in total. The van der Waals surface area contributed by atoms with Gasteiger partial charge in [0.25, 0.3) is 0 Å². The molecule has 4 aromatic rings. The van der Waals surface area contributed by atoms with Crippen molar-refractivity contribution < 1.29 is 32.6 Å². The van der Waals surface area contributed by atoms with Crippen molar-refractivity contribution in [1.29, 1.82) is 0 Å². The molecular weight excluding hydrogens is 481 g/mol. The fraction of sp³-hybridized carbons (Fsp3) is 0.174. The summed E-state index contributed by atoms with van der Waals surface area (Å²) < 4.78 is 48.3. The third kappa shape index (κ3) is 4.76. The van der Waals surface area contributed by atoms with E-state index in [4.69, 9.17) is 10.5 Å². The normalized spacial score (nSPS) is 11.6. The second kappa shape index (κ2) is 9.17. The molecule has 0 spiro atoms. The van der Waals surface area contributed by atoms with Crippen LogP contribution in [0.1, 0.15) is 40.3 Å². The molecule has 0 radical (unpaired) electrons. The SMILES string of the molecule is CC(C)OC(=O)c1cnn(-c2ccc(-n3cc(-c4ccc(N)c(C(=O)O)c4)nn3)cc2)c1C(F)(F)F. The van der Waals surface area contributed by atoms with Crippen LogP contribution >= 0.6 is 0 Å². The van der Waals surface area contributed by atoms with Crippen molar-refractivity contribution in [2.24, 2.45) is 0 Å². The van der Waals surface area contributed by atoms with E-state index in [9.17, 15) is 27.9 Å². The first kappa shape index (κ1) is 24.4. The van der Waals surface area contributed by atoms with Crippen molar-refractivity contribution in [2.75, 3.05) is 5.73 Å². The number of carbonyl (C=O) groups excluding carboxylic acids is 1. The Hall–Kier alpha value is -4.68. The van der Waals surface area contributed by atoms with Crippen LogP contribution in [0.25, 0.3) is 22.6 Å². The van der Waals surface area contributed by atoms with Gasteiger partial charge < -0.3 is 15.6 Å². The number of carbonyl (C=O) groups is 2. The second-order valence-corrected chi connectivity index (χ2v) is 7.94. The summed E-state index contributed by atoms with van der Waals surface area (Å²) in [5, 5.41) is 21.0. The van der Waals surface area contributed by atoms with Gasteiger partial charge in [-0.05, 0) is 50.2 Å². The molecule has 0 aliphatic rings. The Morgan fingerprint density at radius 2 is 1.72 bits per heavy atom. The number of alkyl halides is 3. The smallest absolute Gasteiger partial charge is 0.434 e. The zero-order valence-electron chi connectivity index (χ0n) is 18.9. The summed E-state index contributed by atoms with van der Waals surface area (Å²) in [4.78, 5) is 23.5. The highest BCUT2D eigenvalue weighted by atomic mass is 19.4. The number of hydrogen-bond acceptors (Lipinski definition) is 7. The van der Waals surface area contributed by atoms with Crippen molar-refractivity contribution >= 4 is 17.6 Å². The number of nitrogens with two attached hydrogens (primary N) is 1. The molecule has 0 unspecified atom stereocenters. The van der Waals surface area contributed by atoms with Gasteiger partial charge in [0.05, 0.1) is 35.4 Å². The highest BCUT2D eigenvalue weighted by Crippen LogP contribution is 2.34. The third-order valence-corrected chi connectivity index (χ3v) is 5.03. The molecule has 2 aromatic heterocycles. The summed E-state index contributed by atoms with van der Waals surface area (Å²) >= 11 is 0. The van der Waals surface area contributed by atoms with E-state index in [1.165, 1.54) is 61.1 Å². The molecule has 2 heterocycles. The monoisotopic (exact) mass is 500 g/mol. The Kier molecular flexibility index (Phi) is 6.23. The molecule has 2 aromatic carbocycles. The van der Waals surface area contributed by atoms with Crippen LogP contribution in [0.2, 0.25) is 0 Å². The fourth-order valence-corrected chi connectivity index (χ4v) is 3.41. The van der Waals surface area contributed by atoms with Crippen LogP contribution in [-0.2, 0) is 10.9 Å². The van der Waals surface area contributed by atoms with Crippen LogP contribution in [0, 0.1) is 0 Å². The molecule has 0 saturated carbocycles. The van der Waals surface area contributed by atoms with Crippen LogP contribution < -0.4 is 5.73 Å². The van der Waals surface area contributed by atoms with Crippen LogP contribution in [0.4, 0.5) is 18.9 Å². The van der Waals surface area contributed by atoms with Crippen molar-refractivity contribution in [3.05, 3.63) is 71.7 Å². The minimum absolute atomic E-state index is 0.0552.